The first-order valence-electron chi connectivity index (χ1n) is 6.09. The lowest BCUT2D eigenvalue weighted by atomic mass is 10.1. The lowest BCUT2D eigenvalue weighted by Gasteiger charge is -2.17. The number of hydrogen-bond acceptors (Lipinski definition) is 3. The lowest BCUT2D eigenvalue weighted by Crippen LogP contribution is -2.28. The summed E-state index contributed by atoms with van der Waals surface area (Å²) >= 11 is 0. The molecule has 0 aliphatic rings. The van der Waals surface area contributed by atoms with Gasteiger partial charge in [-0.2, -0.15) is 0 Å². The van der Waals surface area contributed by atoms with Crippen molar-refractivity contribution in [1.82, 2.24) is 5.32 Å². The predicted octanol–water partition coefficient (Wildman–Crippen LogP) is 2.25. The van der Waals surface area contributed by atoms with Crippen molar-refractivity contribution in [2.24, 2.45) is 5.73 Å². The summed E-state index contributed by atoms with van der Waals surface area (Å²) in [6, 6.07) is 8.28. The Labute approximate surface area is 104 Å². The van der Waals surface area contributed by atoms with Crippen LogP contribution in [-0.2, 0) is 0 Å². The second-order valence-corrected chi connectivity index (χ2v) is 3.82. The largest absolute Gasteiger partial charge is 0.494 e. The Balaban J connectivity index is 2.58. The van der Waals surface area contributed by atoms with Crippen molar-refractivity contribution >= 4 is 0 Å². The van der Waals surface area contributed by atoms with E-state index in [0.29, 0.717) is 13.2 Å². The Morgan fingerprint density at radius 3 is 2.65 bits per heavy atom. The first kappa shape index (κ1) is 13.7. The summed E-state index contributed by atoms with van der Waals surface area (Å²) in [4.78, 5) is 0. The van der Waals surface area contributed by atoms with Crippen molar-refractivity contribution < 1.29 is 4.74 Å². The molecule has 0 radical (unpaired) electrons. The van der Waals surface area contributed by atoms with Crippen LogP contribution in [0.1, 0.15) is 24.9 Å². The number of nitrogens with two attached hydrogens (primary N) is 1. The maximum Gasteiger partial charge on any atom is 0.119 e. The molecule has 0 spiro atoms. The average molecular weight is 234 g/mol. The van der Waals surface area contributed by atoms with E-state index < -0.39 is 0 Å². The van der Waals surface area contributed by atoms with Crippen molar-refractivity contribution in [2.45, 2.75) is 19.4 Å². The molecule has 1 rings (SSSR count). The van der Waals surface area contributed by atoms with Crippen LogP contribution in [0.3, 0.4) is 0 Å². The van der Waals surface area contributed by atoms with Gasteiger partial charge in [0, 0.05) is 12.6 Å². The number of benzene rings is 1. The molecule has 17 heavy (non-hydrogen) atoms. The van der Waals surface area contributed by atoms with Crippen LogP contribution in [0.15, 0.2) is 36.9 Å². The Morgan fingerprint density at radius 2 is 2.12 bits per heavy atom. The molecule has 0 aromatic heterocycles. The van der Waals surface area contributed by atoms with Gasteiger partial charge in [0.15, 0.2) is 0 Å². The second-order valence-electron chi connectivity index (χ2n) is 3.82. The minimum atomic E-state index is 0.200. The minimum Gasteiger partial charge on any atom is -0.494 e. The lowest BCUT2D eigenvalue weighted by molar-refractivity contribution is 0.340. The smallest absolute Gasteiger partial charge is 0.119 e. The standard InChI is InChI=1S/C14H22N2O/c1-3-5-10-16-14(11-15)12-6-8-13(9-7-12)17-4-2/h3,6-9,14,16H,1,4-5,10-11,15H2,2H3. The Hall–Kier alpha value is -1.32. The summed E-state index contributed by atoms with van der Waals surface area (Å²) in [6.45, 7) is 7.86. The van der Waals surface area contributed by atoms with Gasteiger partial charge in [-0.25, -0.2) is 0 Å². The summed E-state index contributed by atoms with van der Waals surface area (Å²) in [7, 11) is 0. The number of hydrogen-bond donors (Lipinski definition) is 2. The summed E-state index contributed by atoms with van der Waals surface area (Å²) in [5.74, 6) is 0.901. The van der Waals surface area contributed by atoms with Crippen LogP contribution >= 0.6 is 0 Å². The molecule has 94 valence electrons. The van der Waals surface area contributed by atoms with Crippen LogP contribution in [0, 0.1) is 0 Å². The third kappa shape index (κ3) is 4.59. The van der Waals surface area contributed by atoms with Crippen molar-refractivity contribution in [1.29, 1.82) is 0 Å². The SMILES string of the molecule is C=CCCNC(CN)c1ccc(OCC)cc1. The zero-order valence-corrected chi connectivity index (χ0v) is 10.5. The van der Waals surface area contributed by atoms with E-state index in [1.165, 1.54) is 5.56 Å². The quantitative estimate of drug-likeness (QED) is 0.536. The van der Waals surface area contributed by atoms with Gasteiger partial charge in [0.25, 0.3) is 0 Å². The Kier molecular flexibility index (Phi) is 6.37. The molecule has 1 atom stereocenters. The van der Waals surface area contributed by atoms with E-state index in [0.717, 1.165) is 18.7 Å². The van der Waals surface area contributed by atoms with E-state index in [4.69, 9.17) is 10.5 Å². The van der Waals surface area contributed by atoms with E-state index in [-0.39, 0.29) is 6.04 Å². The van der Waals surface area contributed by atoms with Gasteiger partial charge >= 0.3 is 0 Å². The van der Waals surface area contributed by atoms with Crippen molar-refractivity contribution in [2.75, 3.05) is 19.7 Å². The zero-order valence-electron chi connectivity index (χ0n) is 10.5. The summed E-state index contributed by atoms with van der Waals surface area (Å²) in [5.41, 5.74) is 6.96. The van der Waals surface area contributed by atoms with E-state index >= 15 is 0 Å². The molecule has 0 amide bonds. The first-order chi connectivity index (χ1) is 8.31. The summed E-state index contributed by atoms with van der Waals surface area (Å²) in [5, 5.41) is 3.40. The molecule has 0 bridgehead atoms. The van der Waals surface area contributed by atoms with E-state index in [2.05, 4.69) is 24.0 Å². The van der Waals surface area contributed by atoms with Crippen molar-refractivity contribution in [3.05, 3.63) is 42.5 Å². The molecule has 3 N–H and O–H groups in total. The van der Waals surface area contributed by atoms with Gasteiger partial charge < -0.3 is 15.8 Å². The van der Waals surface area contributed by atoms with Crippen LogP contribution in [0.25, 0.3) is 0 Å². The van der Waals surface area contributed by atoms with Gasteiger partial charge in [-0.05, 0) is 37.6 Å². The highest BCUT2D eigenvalue weighted by atomic mass is 16.5. The Bertz CT molecular complexity index is 321. The van der Waals surface area contributed by atoms with Crippen LogP contribution in [0.5, 0.6) is 5.75 Å². The molecule has 3 heteroatoms. The molecule has 3 nitrogen and oxygen atoms in total. The topological polar surface area (TPSA) is 47.3 Å². The summed E-state index contributed by atoms with van der Waals surface area (Å²) in [6.07, 6.45) is 2.85. The van der Waals surface area contributed by atoms with Crippen LogP contribution in [0.2, 0.25) is 0 Å². The maximum absolute atomic E-state index is 5.76. The Morgan fingerprint density at radius 1 is 1.41 bits per heavy atom. The van der Waals surface area contributed by atoms with Crippen molar-refractivity contribution in [3.63, 3.8) is 0 Å². The monoisotopic (exact) mass is 234 g/mol. The molecule has 0 fully saturated rings. The van der Waals surface area contributed by atoms with Gasteiger partial charge in [0.2, 0.25) is 0 Å². The molecule has 1 unspecified atom stereocenters. The maximum atomic E-state index is 5.76. The summed E-state index contributed by atoms with van der Waals surface area (Å²) < 4.78 is 5.41. The highest BCUT2D eigenvalue weighted by Crippen LogP contribution is 2.17. The molecule has 1 aromatic rings. The van der Waals surface area contributed by atoms with E-state index in [1.54, 1.807) is 0 Å². The highest BCUT2D eigenvalue weighted by Gasteiger charge is 2.07. The van der Waals surface area contributed by atoms with Crippen molar-refractivity contribution in [3.8, 4) is 5.75 Å². The van der Waals surface area contributed by atoms with E-state index in [9.17, 15) is 0 Å². The first-order valence-corrected chi connectivity index (χ1v) is 6.09. The fourth-order valence-electron chi connectivity index (χ4n) is 1.66. The number of rotatable bonds is 8. The molecule has 0 aliphatic heterocycles. The molecule has 0 saturated heterocycles. The van der Waals surface area contributed by atoms with Crippen LogP contribution in [-0.4, -0.2) is 19.7 Å². The van der Waals surface area contributed by atoms with Gasteiger partial charge in [-0.1, -0.05) is 18.2 Å². The molecular formula is C14H22N2O. The molecule has 0 saturated carbocycles. The van der Waals surface area contributed by atoms with Gasteiger partial charge in [-0.3, -0.25) is 0 Å². The fourth-order valence-corrected chi connectivity index (χ4v) is 1.66. The van der Waals surface area contributed by atoms with Crippen LogP contribution < -0.4 is 15.8 Å². The minimum absolute atomic E-state index is 0.200. The number of ether oxygens (including phenoxy) is 1. The third-order valence-electron chi connectivity index (χ3n) is 2.57. The van der Waals surface area contributed by atoms with Gasteiger partial charge in [0.05, 0.1) is 6.61 Å². The molecule has 1 aromatic carbocycles. The van der Waals surface area contributed by atoms with Gasteiger partial charge in [0.1, 0.15) is 5.75 Å². The predicted molar refractivity (Wildman–Crippen MR) is 72.2 cm³/mol. The highest BCUT2D eigenvalue weighted by molar-refractivity contribution is 5.29. The third-order valence-corrected chi connectivity index (χ3v) is 2.57. The van der Waals surface area contributed by atoms with E-state index in [1.807, 2.05) is 25.1 Å². The second kappa shape index (κ2) is 7.87. The van der Waals surface area contributed by atoms with Gasteiger partial charge in [-0.15, -0.1) is 6.58 Å². The zero-order chi connectivity index (χ0) is 12.5. The van der Waals surface area contributed by atoms with Crippen LogP contribution in [0.4, 0.5) is 0 Å². The fraction of sp³-hybridized carbons (Fsp3) is 0.429. The molecular weight excluding hydrogens is 212 g/mol. The average Bonchev–Trinajstić information content (AvgIpc) is 2.36. The number of nitrogens with one attached hydrogen (secondary N) is 1. The molecule has 0 aliphatic carbocycles. The molecule has 0 heterocycles. The normalized spacial score (nSPS) is 12.1.